The highest BCUT2D eigenvalue weighted by atomic mass is 16.5. The van der Waals surface area contributed by atoms with Gasteiger partial charge in [-0.3, -0.25) is 14.2 Å². The summed E-state index contributed by atoms with van der Waals surface area (Å²) in [5.41, 5.74) is 4.11. The van der Waals surface area contributed by atoms with Gasteiger partial charge >= 0.3 is 0 Å². The number of fused-ring (bicyclic) bond motifs is 1. The molecule has 0 radical (unpaired) electrons. The average Bonchev–Trinajstić information content (AvgIpc) is 3.35. The molecule has 0 spiro atoms. The van der Waals surface area contributed by atoms with Crippen molar-refractivity contribution >= 4 is 16.7 Å². The van der Waals surface area contributed by atoms with Crippen LogP contribution in [0.25, 0.3) is 22.0 Å². The van der Waals surface area contributed by atoms with Crippen LogP contribution in [0.3, 0.4) is 0 Å². The molecular formula is C23H30N4O2. The van der Waals surface area contributed by atoms with Gasteiger partial charge < -0.3 is 4.74 Å². The number of hydrogen-bond donors (Lipinski definition) is 0. The first-order valence-corrected chi connectivity index (χ1v) is 10.5. The number of carbonyl (C=O) groups is 1. The van der Waals surface area contributed by atoms with Gasteiger partial charge in [-0.1, -0.05) is 13.8 Å². The zero-order valence-electron chi connectivity index (χ0n) is 18.0. The summed E-state index contributed by atoms with van der Waals surface area (Å²) in [4.78, 5) is 11.7. The molecule has 4 rings (SSSR count). The number of ether oxygens (including phenoxy) is 1. The Balaban J connectivity index is 1.71. The highest BCUT2D eigenvalue weighted by Crippen LogP contribution is 2.36. The van der Waals surface area contributed by atoms with Gasteiger partial charge in [-0.25, -0.2) is 0 Å². The van der Waals surface area contributed by atoms with Crippen LogP contribution in [0.5, 0.6) is 5.75 Å². The van der Waals surface area contributed by atoms with Crippen molar-refractivity contribution in [3.63, 3.8) is 0 Å². The Hall–Kier alpha value is -2.63. The predicted octanol–water partition coefficient (Wildman–Crippen LogP) is 4.54. The number of nitrogens with zero attached hydrogens (tertiary/aromatic N) is 4. The minimum Gasteiger partial charge on any atom is -0.490 e. The maximum absolute atomic E-state index is 11.7. The smallest absolute Gasteiger partial charge is 0.133 e. The number of Topliss-reactive ketones (excluding diaryl/α,β-unsaturated/α-hetero) is 1. The zero-order valence-corrected chi connectivity index (χ0v) is 18.0. The maximum atomic E-state index is 11.7. The van der Waals surface area contributed by atoms with Crippen molar-refractivity contribution in [1.29, 1.82) is 0 Å². The fourth-order valence-electron chi connectivity index (χ4n) is 4.23. The Kier molecular flexibility index (Phi) is 5.19. The summed E-state index contributed by atoms with van der Waals surface area (Å²) in [6.45, 7) is 9.40. The second-order valence-corrected chi connectivity index (χ2v) is 8.79. The number of hydrogen-bond acceptors (Lipinski definition) is 4. The van der Waals surface area contributed by atoms with E-state index in [1.807, 2.05) is 22.6 Å². The molecule has 6 nitrogen and oxygen atoms in total. The summed E-state index contributed by atoms with van der Waals surface area (Å²) in [5, 5.41) is 10.2. The molecule has 1 aliphatic carbocycles. The third kappa shape index (κ3) is 3.93. The van der Waals surface area contributed by atoms with Gasteiger partial charge in [-0.15, -0.1) is 0 Å². The number of aryl methyl sites for hydroxylation is 2. The summed E-state index contributed by atoms with van der Waals surface area (Å²) >= 11 is 0. The van der Waals surface area contributed by atoms with Gasteiger partial charge in [-0.05, 0) is 43.9 Å². The number of aromatic nitrogens is 4. The SMILES string of the molecule is Cc1c2c(O[C@H](C)[C@H]3CCC(=O)C3)cc(-c3cnn(CC(C)C)c3)cc2nn1C. The monoisotopic (exact) mass is 394 g/mol. The Morgan fingerprint density at radius 2 is 2.03 bits per heavy atom. The van der Waals surface area contributed by atoms with Gasteiger partial charge in [0.1, 0.15) is 11.5 Å². The van der Waals surface area contributed by atoms with E-state index in [-0.39, 0.29) is 12.0 Å². The third-order valence-corrected chi connectivity index (χ3v) is 5.97. The first-order chi connectivity index (χ1) is 13.8. The van der Waals surface area contributed by atoms with E-state index in [9.17, 15) is 4.79 Å². The van der Waals surface area contributed by atoms with Crippen LogP contribution in [0.2, 0.25) is 0 Å². The van der Waals surface area contributed by atoms with Crippen molar-refractivity contribution in [3.05, 3.63) is 30.2 Å². The van der Waals surface area contributed by atoms with Crippen LogP contribution in [0.4, 0.5) is 0 Å². The molecule has 1 fully saturated rings. The summed E-state index contributed by atoms with van der Waals surface area (Å²) in [7, 11) is 1.96. The second kappa shape index (κ2) is 7.65. The fourth-order valence-corrected chi connectivity index (χ4v) is 4.23. The number of benzene rings is 1. The molecule has 0 unspecified atom stereocenters. The summed E-state index contributed by atoms with van der Waals surface area (Å²) in [5.74, 6) is 2.01. The van der Waals surface area contributed by atoms with Crippen LogP contribution in [0.1, 0.15) is 45.7 Å². The van der Waals surface area contributed by atoms with Crippen molar-refractivity contribution in [3.8, 4) is 16.9 Å². The molecule has 3 aromatic rings. The van der Waals surface area contributed by atoms with Crippen LogP contribution in [0, 0.1) is 18.8 Å². The molecule has 0 bridgehead atoms. The van der Waals surface area contributed by atoms with Gasteiger partial charge in [0.15, 0.2) is 0 Å². The number of ketones is 1. The van der Waals surface area contributed by atoms with Crippen molar-refractivity contribution in [2.45, 2.75) is 59.6 Å². The Morgan fingerprint density at radius 1 is 1.24 bits per heavy atom. The summed E-state index contributed by atoms with van der Waals surface area (Å²) < 4.78 is 10.3. The normalized spacial score (nSPS) is 18.1. The lowest BCUT2D eigenvalue weighted by Gasteiger charge is -2.21. The topological polar surface area (TPSA) is 61.9 Å². The van der Waals surface area contributed by atoms with E-state index < -0.39 is 0 Å². The molecule has 1 aliphatic rings. The molecule has 2 heterocycles. The van der Waals surface area contributed by atoms with Crippen molar-refractivity contribution in [2.24, 2.45) is 18.9 Å². The van der Waals surface area contributed by atoms with Gasteiger partial charge in [-0.2, -0.15) is 10.2 Å². The van der Waals surface area contributed by atoms with Crippen molar-refractivity contribution in [1.82, 2.24) is 19.6 Å². The van der Waals surface area contributed by atoms with E-state index >= 15 is 0 Å². The number of carbonyl (C=O) groups excluding carboxylic acids is 1. The number of rotatable bonds is 6. The minimum absolute atomic E-state index is 0.0110. The molecule has 2 atom stereocenters. The zero-order chi connectivity index (χ0) is 20.7. The molecule has 0 saturated heterocycles. The Bertz CT molecular complexity index is 1050. The maximum Gasteiger partial charge on any atom is 0.133 e. The third-order valence-electron chi connectivity index (χ3n) is 5.97. The van der Waals surface area contributed by atoms with Crippen molar-refractivity contribution in [2.75, 3.05) is 0 Å². The fraction of sp³-hybridized carbons (Fsp3) is 0.522. The molecule has 0 amide bonds. The van der Waals surface area contributed by atoms with Crippen LogP contribution in [0.15, 0.2) is 24.5 Å². The molecule has 1 saturated carbocycles. The molecule has 0 aliphatic heterocycles. The van der Waals surface area contributed by atoms with Crippen LogP contribution in [-0.4, -0.2) is 31.4 Å². The van der Waals surface area contributed by atoms with Crippen LogP contribution in [-0.2, 0) is 18.4 Å². The first kappa shape index (κ1) is 19.7. The van der Waals surface area contributed by atoms with Gasteiger partial charge in [0, 0.05) is 49.8 Å². The van der Waals surface area contributed by atoms with E-state index in [0.29, 0.717) is 24.5 Å². The van der Waals surface area contributed by atoms with Crippen molar-refractivity contribution < 1.29 is 9.53 Å². The average molecular weight is 395 g/mol. The molecule has 0 N–H and O–H groups in total. The van der Waals surface area contributed by atoms with E-state index in [4.69, 9.17) is 4.74 Å². The van der Waals surface area contributed by atoms with Crippen LogP contribution < -0.4 is 4.74 Å². The molecule has 154 valence electrons. The van der Waals surface area contributed by atoms with E-state index in [2.05, 4.69) is 56.2 Å². The minimum atomic E-state index is -0.0110. The highest BCUT2D eigenvalue weighted by Gasteiger charge is 2.29. The van der Waals surface area contributed by atoms with E-state index in [1.165, 1.54) is 0 Å². The molecule has 1 aromatic carbocycles. The summed E-state index contributed by atoms with van der Waals surface area (Å²) in [6.07, 6.45) is 6.19. The van der Waals surface area contributed by atoms with Gasteiger partial charge in [0.2, 0.25) is 0 Å². The van der Waals surface area contributed by atoms with Gasteiger partial charge in [0.25, 0.3) is 0 Å². The van der Waals surface area contributed by atoms with Crippen LogP contribution >= 0.6 is 0 Å². The van der Waals surface area contributed by atoms with E-state index in [0.717, 1.165) is 46.4 Å². The molecule has 2 aromatic heterocycles. The lowest BCUT2D eigenvalue weighted by atomic mass is 10.0. The van der Waals surface area contributed by atoms with Gasteiger partial charge in [0.05, 0.1) is 23.2 Å². The largest absolute Gasteiger partial charge is 0.490 e. The standard InChI is InChI=1S/C23H30N4O2/c1-14(2)12-27-13-19(11-24-27)18-9-21-23(15(3)26(5)25-21)22(10-18)29-16(4)17-6-7-20(28)8-17/h9-11,13-14,16-17H,6-8,12H2,1-5H3/t16-,17+/m1/s1. The molecule has 6 heteroatoms. The Morgan fingerprint density at radius 3 is 2.72 bits per heavy atom. The Labute approximate surface area is 171 Å². The molecule has 29 heavy (non-hydrogen) atoms. The highest BCUT2D eigenvalue weighted by molar-refractivity contribution is 5.92. The molecular weight excluding hydrogens is 364 g/mol. The van der Waals surface area contributed by atoms with E-state index in [1.54, 1.807) is 0 Å². The lowest BCUT2D eigenvalue weighted by Crippen LogP contribution is -2.22. The first-order valence-electron chi connectivity index (χ1n) is 10.5. The quantitative estimate of drug-likeness (QED) is 0.616. The predicted molar refractivity (Wildman–Crippen MR) is 114 cm³/mol. The second-order valence-electron chi connectivity index (χ2n) is 8.79. The lowest BCUT2D eigenvalue weighted by molar-refractivity contribution is -0.117. The summed E-state index contributed by atoms with van der Waals surface area (Å²) in [6, 6.07) is 4.21.